The Bertz CT molecular complexity index is 5490. The highest BCUT2D eigenvalue weighted by molar-refractivity contribution is 9.09. The zero-order valence-electron chi connectivity index (χ0n) is 74.8. The summed E-state index contributed by atoms with van der Waals surface area (Å²) in [5.41, 5.74) is 22.5. The Morgan fingerprint density at radius 3 is 1.04 bits per heavy atom. The summed E-state index contributed by atoms with van der Waals surface area (Å²) in [7, 11) is 4.88. The minimum Gasteiger partial charge on any atom is -0.497 e. The number of nitrogens with two attached hydrogens (primary N) is 2. The fraction of sp³-hybridized carbons (Fsp3) is 0.267. The second-order valence-electron chi connectivity index (χ2n) is 27.9. The van der Waals surface area contributed by atoms with Gasteiger partial charge in [-0.25, -0.2) is 19.9 Å². The smallest absolute Gasteiger partial charge is 0.148 e. The van der Waals surface area contributed by atoms with E-state index >= 15 is 0 Å². The van der Waals surface area contributed by atoms with Gasteiger partial charge in [-0.2, -0.15) is 0 Å². The van der Waals surface area contributed by atoms with Gasteiger partial charge in [0.15, 0.2) is 0 Å². The summed E-state index contributed by atoms with van der Waals surface area (Å²) in [6.45, 7) is 32.4. The maximum Gasteiger partial charge on any atom is 0.148 e. The molecule has 0 aliphatic heterocycles. The van der Waals surface area contributed by atoms with Crippen molar-refractivity contribution >= 4 is 122 Å². The second-order valence-corrected chi connectivity index (χ2v) is 30.5. The number of alkyl halides is 2. The van der Waals surface area contributed by atoms with Gasteiger partial charge in [0.2, 0.25) is 0 Å². The van der Waals surface area contributed by atoms with Crippen LogP contribution in [-0.4, -0.2) is 108 Å². The average molecular weight is 1920 g/mol. The highest BCUT2D eigenvalue weighted by Gasteiger charge is 2.15. The maximum atomic E-state index is 8.50. The number of para-hydroxylation sites is 10. The van der Waals surface area contributed by atoms with Gasteiger partial charge in [0.1, 0.15) is 115 Å². The summed E-state index contributed by atoms with van der Waals surface area (Å²) in [6.07, 6.45) is 0. The molecule has 0 radical (unpaired) electrons. The molecule has 8 N–H and O–H groups in total. The molecule has 127 heavy (non-hydrogen) atoms. The molecule has 15 rings (SSSR count). The number of aliphatic hydroxyl groups excluding tert-OH is 2. The Hall–Kier alpha value is -11.7. The van der Waals surface area contributed by atoms with E-state index in [9.17, 15) is 0 Å². The van der Waals surface area contributed by atoms with Crippen LogP contribution in [0.5, 0.6) is 51.7 Å². The van der Waals surface area contributed by atoms with Gasteiger partial charge in [0, 0.05) is 57.0 Å². The van der Waals surface area contributed by atoms with Crippen LogP contribution in [0.25, 0.3) is 44.1 Å². The van der Waals surface area contributed by atoms with E-state index in [1.54, 1.807) is 75.9 Å². The Balaban J connectivity index is 0.000000261. The Kier molecular flexibility index (Phi) is 50.7. The van der Waals surface area contributed by atoms with E-state index in [-0.39, 0.29) is 13.2 Å². The van der Waals surface area contributed by atoms with Gasteiger partial charge < -0.3 is 83.4 Å². The third-order valence-electron chi connectivity index (χ3n) is 16.6. The van der Waals surface area contributed by atoms with Crippen molar-refractivity contribution in [1.29, 1.82) is 0 Å². The van der Waals surface area contributed by atoms with E-state index in [2.05, 4.69) is 119 Å². The van der Waals surface area contributed by atoms with Crippen LogP contribution in [-0.2, 0) is 39.5 Å². The van der Waals surface area contributed by atoms with Crippen LogP contribution in [0.15, 0.2) is 291 Å². The molecule has 0 fully saturated rings. The lowest BCUT2D eigenvalue weighted by atomic mass is 10.2. The van der Waals surface area contributed by atoms with Crippen LogP contribution in [0, 0.1) is 11.8 Å². The molecule has 4 heterocycles. The number of allylic oxidation sites excluding steroid dienone is 2. The minimum absolute atomic E-state index is 0.0250. The fourth-order valence-corrected chi connectivity index (χ4v) is 11.1. The third-order valence-corrected chi connectivity index (χ3v) is 19.6. The largest absolute Gasteiger partial charge is 0.497 e. The number of ether oxygens (including phenoxy) is 9. The molecule has 4 aromatic heterocycles. The molecule has 0 unspecified atom stereocenters. The van der Waals surface area contributed by atoms with Crippen LogP contribution in [0.2, 0.25) is 15.1 Å². The molecular formula is C101H121Br2Cl3N10O11. The standard InChI is InChI=1S/C19H20N2O2.C18H19ClN2O.C15H14N2O2.C14H11ClN2O.C9H12O3.C8H9ClO2.C6H8N2.C4H9Br.C4H7Br.2C2H6/c1-14(2)12-21-18-10-5-4-9-17(18)20-19(21)13-23-16-8-6-7-15(11-16)22-3;1-13(2)11-21-17-6-4-3-5-16(17)20-18(21)12-22-15-9-7-14(19)8-10-15;1-18-11-5-4-6-12(9-11)19-10-15-16-13-7-2-3-8-14(13)17-15;15-10-5-7-11(8-6-10)18-9-14-16-12-3-1-2-4-13(12)17-14;1-11-8-3-2-4-9(7-8)12-6-5-10;9-7-1-3-8(4-2-7)11-6-5-10;7-5-3-1-2-4-6(5)8;2*1-4(2)3-5;2*1-2/h4-11H,1,12-13H2,2-3H3;3-10,13H,11-12H2,1-2H3;2-9H,10H2,1H3,(H,16,17);1-8H,9H2,(H,16,17);2-4,7,10H,5-6H2,1H3;1-4,10H,5-6H2;1-4H,7-8H2;4H,3H2,1-2H3;1,3H2,2H3;2*1-2H3. The maximum absolute atomic E-state index is 8.50. The van der Waals surface area contributed by atoms with Gasteiger partial charge >= 0.3 is 0 Å². The van der Waals surface area contributed by atoms with E-state index in [0.29, 0.717) is 77.8 Å². The van der Waals surface area contributed by atoms with Crippen LogP contribution in [0.3, 0.4) is 0 Å². The molecule has 21 nitrogen and oxygen atoms in total. The number of nitrogen functional groups attached to an aromatic ring is 2. The van der Waals surface area contributed by atoms with Crippen molar-refractivity contribution < 1.29 is 52.8 Å². The molecular weight excluding hydrogens is 1800 g/mol. The number of anilines is 2. The predicted molar refractivity (Wildman–Crippen MR) is 532 cm³/mol. The lowest BCUT2D eigenvalue weighted by Crippen LogP contribution is -2.10. The van der Waals surface area contributed by atoms with Crippen LogP contribution in [0.4, 0.5) is 11.4 Å². The van der Waals surface area contributed by atoms with E-state index in [0.717, 1.165) is 149 Å². The first-order valence-corrected chi connectivity index (χ1v) is 44.8. The Morgan fingerprint density at radius 2 is 0.693 bits per heavy atom. The predicted octanol–water partition coefficient (Wildman–Crippen LogP) is 25.7. The van der Waals surface area contributed by atoms with Crippen LogP contribution in [0.1, 0.15) is 92.5 Å². The van der Waals surface area contributed by atoms with Crippen molar-refractivity contribution in [3.63, 3.8) is 0 Å². The number of rotatable bonds is 27. The minimum atomic E-state index is 0.0250. The number of aromatic amines is 2. The van der Waals surface area contributed by atoms with E-state index < -0.39 is 0 Å². The topological polar surface area (TPSA) is 269 Å². The molecule has 26 heteroatoms. The lowest BCUT2D eigenvalue weighted by Gasteiger charge is -2.12. The number of hydrogen-bond donors (Lipinski definition) is 6. The number of halogens is 5. The van der Waals surface area contributed by atoms with Crippen molar-refractivity contribution in [2.75, 3.05) is 69.9 Å². The zero-order valence-corrected chi connectivity index (χ0v) is 80.2. The number of aliphatic hydroxyl groups is 2. The third kappa shape index (κ3) is 40.2. The monoisotopic (exact) mass is 1910 g/mol. The van der Waals surface area contributed by atoms with Gasteiger partial charge in [-0.1, -0.05) is 225 Å². The molecule has 0 saturated heterocycles. The van der Waals surface area contributed by atoms with E-state index in [1.807, 2.05) is 242 Å². The molecule has 0 aliphatic rings. The molecule has 0 saturated carbocycles. The Morgan fingerprint density at radius 1 is 0.386 bits per heavy atom. The summed E-state index contributed by atoms with van der Waals surface area (Å²) >= 11 is 23.9. The van der Waals surface area contributed by atoms with Gasteiger partial charge in [-0.05, 0) is 196 Å². The number of hydrogen-bond acceptors (Lipinski definition) is 17. The highest BCUT2D eigenvalue weighted by Crippen LogP contribution is 2.27. The molecule has 0 amide bonds. The molecule has 15 aromatic rings. The first kappa shape index (κ1) is 106. The SMILES string of the molecule is C=C(C)CBr.C=C(C)Cn1c(COc2cccc(OC)c2)nc2ccccc21.CC.CC.CC(C)CBr.CC(C)Cn1c(COc2ccc(Cl)cc2)nc2ccccc21.COc1cccc(OCCO)c1.COc1cccc(OCc2nc3ccccc3[nH]2)c1.Clc1ccc(OCc2nc3ccccc3[nH]2)cc1.Nc1ccccc1N.OCCOc1ccc(Cl)cc1. The summed E-state index contributed by atoms with van der Waals surface area (Å²) in [5, 5.41) is 21.1. The summed E-state index contributed by atoms with van der Waals surface area (Å²) in [6, 6.07) is 83.4. The number of methoxy groups -OCH3 is 3. The van der Waals surface area contributed by atoms with Gasteiger partial charge in [0.25, 0.3) is 0 Å². The van der Waals surface area contributed by atoms with Gasteiger partial charge in [-0.3, -0.25) is 0 Å². The normalized spacial score (nSPS) is 10.1. The van der Waals surface area contributed by atoms with Crippen LogP contribution < -0.4 is 54.1 Å². The molecule has 0 spiro atoms. The lowest BCUT2D eigenvalue weighted by molar-refractivity contribution is 0.201. The number of fused-ring (bicyclic) bond motifs is 4. The average Bonchev–Trinajstić information content (AvgIpc) is 1.66. The first-order valence-electron chi connectivity index (χ1n) is 41.4. The second kappa shape index (κ2) is 60.9. The quantitative estimate of drug-likeness (QED) is 0.0159. The number of H-pyrrole nitrogens is 2. The van der Waals surface area contributed by atoms with Gasteiger partial charge in [0.05, 0.1) is 90.1 Å². The molecule has 676 valence electrons. The van der Waals surface area contributed by atoms with Gasteiger partial charge in [-0.15, -0.1) is 0 Å². The molecule has 0 aliphatic carbocycles. The van der Waals surface area contributed by atoms with Crippen molar-refractivity contribution in [3.8, 4) is 51.7 Å². The first-order chi connectivity index (χ1) is 61.5. The van der Waals surface area contributed by atoms with Crippen molar-refractivity contribution in [2.24, 2.45) is 11.8 Å². The molecule has 0 bridgehead atoms. The number of nitrogens with zero attached hydrogens (tertiary/aromatic N) is 6. The number of nitrogens with one attached hydrogen (secondary N) is 2. The summed E-state index contributed by atoms with van der Waals surface area (Å²) in [5.74, 6) is 11.7. The van der Waals surface area contributed by atoms with Crippen molar-refractivity contribution in [3.05, 3.63) is 330 Å². The highest BCUT2D eigenvalue weighted by atomic mass is 79.9. The Labute approximate surface area is 780 Å². The van der Waals surface area contributed by atoms with E-state index in [1.165, 1.54) is 5.57 Å². The van der Waals surface area contributed by atoms with Crippen molar-refractivity contribution in [1.82, 2.24) is 39.0 Å². The zero-order chi connectivity index (χ0) is 92.7. The number of aromatic nitrogens is 8. The summed E-state index contributed by atoms with van der Waals surface area (Å²) < 4.78 is 53.1. The van der Waals surface area contributed by atoms with Crippen LogP contribution >= 0.6 is 66.7 Å². The number of benzene rings is 11. The molecule has 0 atom stereocenters. The molecule has 11 aromatic carbocycles. The number of imidazole rings is 4. The fourth-order valence-electron chi connectivity index (χ4n) is 10.7. The summed E-state index contributed by atoms with van der Waals surface area (Å²) in [4.78, 5) is 24.7. The van der Waals surface area contributed by atoms with E-state index in [4.69, 9.17) is 104 Å². The van der Waals surface area contributed by atoms with Crippen molar-refractivity contribution in [2.45, 2.75) is 109 Å².